The Morgan fingerprint density at radius 1 is 1.00 bits per heavy atom. The van der Waals surface area contributed by atoms with E-state index in [1.807, 2.05) is 28.7 Å². The number of hydrogen-bond acceptors (Lipinski definition) is 5. The van der Waals surface area contributed by atoms with Crippen LogP contribution in [-0.2, 0) is 0 Å². The van der Waals surface area contributed by atoms with E-state index in [0.29, 0.717) is 33.6 Å². The minimum Gasteiger partial charge on any atom is -0.436 e. The first-order valence-electron chi connectivity index (χ1n) is 9.11. The molecule has 2 heterocycles. The van der Waals surface area contributed by atoms with Gasteiger partial charge in [-0.2, -0.15) is 0 Å². The van der Waals surface area contributed by atoms with Crippen LogP contribution in [0.2, 0.25) is 5.02 Å². The lowest BCUT2D eigenvalue weighted by Gasteiger charge is -2.10. The van der Waals surface area contributed by atoms with Crippen molar-refractivity contribution in [1.82, 2.24) is 19.6 Å². The molecule has 0 unspecified atom stereocenters. The first-order chi connectivity index (χ1) is 14.7. The van der Waals surface area contributed by atoms with E-state index in [1.165, 1.54) is 0 Å². The molecule has 0 atom stereocenters. The molecular formula is C22H14ClN5O2. The Bertz CT molecular complexity index is 1380. The van der Waals surface area contributed by atoms with Gasteiger partial charge >= 0.3 is 0 Å². The number of hydrogen-bond donors (Lipinski definition) is 1. The average molecular weight is 416 g/mol. The van der Waals surface area contributed by atoms with E-state index < -0.39 is 0 Å². The number of para-hydroxylation sites is 2. The number of amides is 1. The molecule has 1 N–H and O–H groups in total. The number of nitrogens with zero attached hydrogens (tertiary/aromatic N) is 4. The first kappa shape index (κ1) is 18.1. The van der Waals surface area contributed by atoms with Crippen molar-refractivity contribution >= 4 is 39.9 Å². The molecule has 7 nitrogen and oxygen atoms in total. The monoisotopic (exact) mass is 415 g/mol. The summed E-state index contributed by atoms with van der Waals surface area (Å²) in [6.07, 6.45) is 1.62. The third kappa shape index (κ3) is 3.42. The largest absolute Gasteiger partial charge is 0.436 e. The van der Waals surface area contributed by atoms with Gasteiger partial charge in [0.25, 0.3) is 11.8 Å². The van der Waals surface area contributed by atoms with Crippen LogP contribution in [0, 0.1) is 0 Å². The van der Waals surface area contributed by atoms with Gasteiger partial charge in [-0.15, -0.1) is 10.2 Å². The van der Waals surface area contributed by atoms with Crippen LogP contribution in [0.3, 0.4) is 0 Å². The maximum absolute atomic E-state index is 12.5. The summed E-state index contributed by atoms with van der Waals surface area (Å²) in [6, 6.07) is 21.4. The maximum atomic E-state index is 12.5. The summed E-state index contributed by atoms with van der Waals surface area (Å²) >= 11 is 5.88. The quantitative estimate of drug-likeness (QED) is 0.448. The number of carbonyl (C=O) groups is 1. The predicted octanol–water partition coefficient (Wildman–Crippen LogP) is 4.98. The maximum Gasteiger partial charge on any atom is 0.266 e. The molecule has 3 aromatic carbocycles. The topological polar surface area (TPSA) is 81.4 Å². The molecule has 0 fully saturated rings. The lowest BCUT2D eigenvalue weighted by atomic mass is 10.2. The molecule has 1 amide bonds. The highest BCUT2D eigenvalue weighted by Gasteiger charge is 2.13. The lowest BCUT2D eigenvalue weighted by Crippen LogP contribution is -2.11. The molecule has 0 saturated heterocycles. The Balaban J connectivity index is 1.44. The third-order valence-corrected chi connectivity index (χ3v) is 4.77. The van der Waals surface area contributed by atoms with Crippen molar-refractivity contribution in [2.75, 3.05) is 5.32 Å². The van der Waals surface area contributed by atoms with Crippen molar-refractivity contribution < 1.29 is 9.53 Å². The molecule has 0 saturated carbocycles. The Labute approximate surface area is 175 Å². The molecule has 0 spiro atoms. The van der Waals surface area contributed by atoms with Crippen molar-refractivity contribution in [3.8, 4) is 11.6 Å². The highest BCUT2D eigenvalue weighted by atomic mass is 35.5. The van der Waals surface area contributed by atoms with Crippen LogP contribution in [-0.4, -0.2) is 25.5 Å². The average Bonchev–Trinajstić information content (AvgIpc) is 3.25. The molecule has 0 aliphatic heterocycles. The number of carbonyl (C=O) groups excluding carboxylic acids is 1. The van der Waals surface area contributed by atoms with Crippen molar-refractivity contribution in [1.29, 1.82) is 0 Å². The summed E-state index contributed by atoms with van der Waals surface area (Å²) in [5, 5.41) is 11.5. The molecule has 30 heavy (non-hydrogen) atoms. The number of ether oxygens (including phenoxy) is 1. The van der Waals surface area contributed by atoms with E-state index in [2.05, 4.69) is 20.5 Å². The minimum absolute atomic E-state index is 0.243. The van der Waals surface area contributed by atoms with Gasteiger partial charge in [0.1, 0.15) is 12.1 Å². The van der Waals surface area contributed by atoms with Crippen molar-refractivity contribution in [2.45, 2.75) is 0 Å². The second-order valence-electron chi connectivity index (χ2n) is 6.52. The van der Waals surface area contributed by atoms with Gasteiger partial charge in [-0.3, -0.25) is 9.20 Å². The van der Waals surface area contributed by atoms with E-state index in [-0.39, 0.29) is 5.91 Å². The summed E-state index contributed by atoms with van der Waals surface area (Å²) in [5.41, 5.74) is 3.24. The highest BCUT2D eigenvalue weighted by molar-refractivity contribution is 6.30. The Morgan fingerprint density at radius 2 is 1.83 bits per heavy atom. The fraction of sp³-hybridized carbons (Fsp3) is 0. The Hall–Kier alpha value is -3.97. The third-order valence-electron chi connectivity index (χ3n) is 4.52. The predicted molar refractivity (Wildman–Crippen MR) is 114 cm³/mol. The van der Waals surface area contributed by atoms with Crippen LogP contribution in [0.4, 0.5) is 5.69 Å². The standard InChI is InChI=1S/C22H14ClN5O2/c23-15-10-8-14(9-11-15)21(29)25-16-4-3-5-17(12-16)30-22-20-27-24-13-28(20)19-7-2-1-6-18(19)26-22/h1-13H,(H,25,29). The lowest BCUT2D eigenvalue weighted by molar-refractivity contribution is 0.102. The zero-order valence-corrected chi connectivity index (χ0v) is 16.2. The van der Waals surface area contributed by atoms with Crippen molar-refractivity contribution in [2.24, 2.45) is 0 Å². The number of aromatic nitrogens is 4. The number of halogens is 1. The first-order valence-corrected chi connectivity index (χ1v) is 9.48. The van der Waals surface area contributed by atoms with Gasteiger partial charge < -0.3 is 10.1 Å². The molecule has 0 aliphatic rings. The summed E-state index contributed by atoms with van der Waals surface area (Å²) < 4.78 is 7.82. The molecule has 8 heteroatoms. The summed E-state index contributed by atoms with van der Waals surface area (Å²) in [6.45, 7) is 0. The van der Waals surface area contributed by atoms with Gasteiger partial charge in [0, 0.05) is 22.3 Å². The highest BCUT2D eigenvalue weighted by Crippen LogP contribution is 2.28. The summed E-state index contributed by atoms with van der Waals surface area (Å²) in [5.74, 6) is 0.594. The van der Waals surface area contributed by atoms with Gasteiger partial charge in [0.15, 0.2) is 0 Å². The van der Waals surface area contributed by atoms with Gasteiger partial charge in [0.05, 0.1) is 11.0 Å². The fourth-order valence-corrected chi connectivity index (χ4v) is 3.23. The van der Waals surface area contributed by atoms with Crippen molar-refractivity contribution in [3.05, 3.63) is 89.7 Å². The van der Waals surface area contributed by atoms with Crippen LogP contribution in [0.25, 0.3) is 16.7 Å². The van der Waals surface area contributed by atoms with Gasteiger partial charge in [-0.05, 0) is 48.5 Å². The molecule has 0 aliphatic carbocycles. The van der Waals surface area contributed by atoms with E-state index in [4.69, 9.17) is 16.3 Å². The molecule has 146 valence electrons. The second kappa shape index (κ2) is 7.46. The fourth-order valence-electron chi connectivity index (χ4n) is 3.10. The minimum atomic E-state index is -0.243. The SMILES string of the molecule is O=C(Nc1cccc(Oc2nc3ccccc3n3cnnc23)c1)c1ccc(Cl)cc1. The molecule has 2 aromatic heterocycles. The van der Waals surface area contributed by atoms with E-state index in [1.54, 1.807) is 54.9 Å². The summed E-state index contributed by atoms with van der Waals surface area (Å²) in [7, 11) is 0. The molecule has 5 aromatic rings. The number of nitrogens with one attached hydrogen (secondary N) is 1. The number of rotatable bonds is 4. The Morgan fingerprint density at radius 3 is 2.70 bits per heavy atom. The second-order valence-corrected chi connectivity index (χ2v) is 6.96. The molecular weight excluding hydrogens is 402 g/mol. The van der Waals surface area contributed by atoms with Crippen LogP contribution >= 0.6 is 11.6 Å². The van der Waals surface area contributed by atoms with Gasteiger partial charge in [0.2, 0.25) is 5.65 Å². The summed E-state index contributed by atoms with van der Waals surface area (Å²) in [4.78, 5) is 17.0. The molecule has 0 bridgehead atoms. The smallest absolute Gasteiger partial charge is 0.266 e. The number of fused-ring (bicyclic) bond motifs is 3. The van der Waals surface area contributed by atoms with E-state index in [9.17, 15) is 4.79 Å². The van der Waals surface area contributed by atoms with E-state index in [0.717, 1.165) is 11.0 Å². The van der Waals surface area contributed by atoms with Crippen LogP contribution < -0.4 is 10.1 Å². The van der Waals surface area contributed by atoms with Crippen LogP contribution in [0.5, 0.6) is 11.6 Å². The van der Waals surface area contributed by atoms with Crippen LogP contribution in [0.15, 0.2) is 79.1 Å². The van der Waals surface area contributed by atoms with E-state index >= 15 is 0 Å². The van der Waals surface area contributed by atoms with Crippen LogP contribution in [0.1, 0.15) is 10.4 Å². The number of benzene rings is 3. The van der Waals surface area contributed by atoms with Gasteiger partial charge in [-0.25, -0.2) is 4.98 Å². The zero-order valence-electron chi connectivity index (χ0n) is 15.5. The normalized spacial score (nSPS) is 11.0. The van der Waals surface area contributed by atoms with Gasteiger partial charge in [-0.1, -0.05) is 29.8 Å². The molecule has 0 radical (unpaired) electrons. The number of anilines is 1. The zero-order chi connectivity index (χ0) is 20.5. The Kier molecular flexibility index (Phi) is 4.49. The van der Waals surface area contributed by atoms with Crippen molar-refractivity contribution in [3.63, 3.8) is 0 Å². The molecule has 5 rings (SSSR count).